The number of hydrogen-bond acceptors (Lipinski definition) is 2. The van der Waals surface area contributed by atoms with E-state index in [1.807, 2.05) is 0 Å². The van der Waals surface area contributed by atoms with Crippen LogP contribution in [0.2, 0.25) is 0 Å². The Labute approximate surface area is 103 Å². The largest absolute Gasteiger partial charge is 0.281 e. The number of rotatable bonds is 3. The normalized spacial score (nSPS) is 29.7. The van der Waals surface area contributed by atoms with Crippen LogP contribution < -0.4 is 0 Å². The van der Waals surface area contributed by atoms with Crippen LogP contribution in [0.5, 0.6) is 0 Å². The van der Waals surface area contributed by atoms with E-state index in [1.165, 1.54) is 0 Å². The smallest absolute Gasteiger partial charge is 0.195 e. The summed E-state index contributed by atoms with van der Waals surface area (Å²) in [5.74, 6) is 0.896. The van der Waals surface area contributed by atoms with Crippen molar-refractivity contribution in [3.63, 3.8) is 0 Å². The number of halogens is 1. The van der Waals surface area contributed by atoms with Crippen LogP contribution in [-0.2, 0) is 10.2 Å². The van der Waals surface area contributed by atoms with E-state index in [2.05, 4.69) is 0 Å². The average Bonchev–Trinajstić information content (AvgIpc) is 2.79. The molecule has 0 aromatic rings. The summed E-state index contributed by atoms with van der Waals surface area (Å²) in [6, 6.07) is 0. The van der Waals surface area contributed by atoms with Gasteiger partial charge < -0.3 is 0 Å². The van der Waals surface area contributed by atoms with Crippen LogP contribution in [0.4, 0.5) is 0 Å². The molecular formula is C10H19ClN2O2S. The van der Waals surface area contributed by atoms with E-state index in [9.17, 15) is 8.42 Å². The van der Waals surface area contributed by atoms with Gasteiger partial charge in [-0.05, 0) is 25.2 Å². The van der Waals surface area contributed by atoms with Gasteiger partial charge in [0.2, 0.25) is 0 Å². The van der Waals surface area contributed by atoms with Crippen molar-refractivity contribution in [3.05, 3.63) is 0 Å². The molecule has 0 radical (unpaired) electrons. The lowest BCUT2D eigenvalue weighted by atomic mass is 10.2. The molecule has 2 rings (SSSR count). The lowest BCUT2D eigenvalue weighted by molar-refractivity contribution is 0.314. The SMILES string of the molecule is O=S(=O)(N1CCCCC1)N1CCC(CCl)C1. The van der Waals surface area contributed by atoms with Crippen molar-refractivity contribution in [3.8, 4) is 0 Å². The van der Waals surface area contributed by atoms with Crippen LogP contribution in [-0.4, -0.2) is 49.1 Å². The Balaban J connectivity index is 2.01. The Morgan fingerprint density at radius 1 is 1.06 bits per heavy atom. The summed E-state index contributed by atoms with van der Waals surface area (Å²) in [6.07, 6.45) is 4.03. The molecule has 2 heterocycles. The van der Waals surface area contributed by atoms with Gasteiger partial charge in [0.25, 0.3) is 10.2 Å². The van der Waals surface area contributed by atoms with E-state index < -0.39 is 10.2 Å². The van der Waals surface area contributed by atoms with Gasteiger partial charge in [0.05, 0.1) is 0 Å². The first-order valence-electron chi connectivity index (χ1n) is 5.96. The molecule has 2 fully saturated rings. The molecule has 0 saturated carbocycles. The molecule has 0 aliphatic carbocycles. The molecule has 2 aliphatic rings. The molecule has 0 amide bonds. The summed E-state index contributed by atoms with van der Waals surface area (Å²) in [5.41, 5.74) is 0. The Morgan fingerprint density at radius 3 is 2.31 bits per heavy atom. The van der Waals surface area contributed by atoms with Gasteiger partial charge >= 0.3 is 0 Å². The molecule has 1 unspecified atom stereocenters. The summed E-state index contributed by atoms with van der Waals surface area (Å²) in [4.78, 5) is 0. The highest BCUT2D eigenvalue weighted by Gasteiger charge is 2.35. The summed E-state index contributed by atoms with van der Waals surface area (Å²) >= 11 is 5.77. The fourth-order valence-corrected chi connectivity index (χ4v) is 4.42. The zero-order valence-corrected chi connectivity index (χ0v) is 11.0. The first-order chi connectivity index (χ1) is 7.64. The van der Waals surface area contributed by atoms with Gasteiger partial charge in [-0.2, -0.15) is 17.0 Å². The highest BCUT2D eigenvalue weighted by molar-refractivity contribution is 7.86. The topological polar surface area (TPSA) is 40.6 Å². The van der Waals surface area contributed by atoms with Gasteiger partial charge in [0.1, 0.15) is 0 Å². The minimum absolute atomic E-state index is 0.334. The zero-order chi connectivity index (χ0) is 11.6. The van der Waals surface area contributed by atoms with Crippen molar-refractivity contribution in [2.24, 2.45) is 5.92 Å². The zero-order valence-electron chi connectivity index (χ0n) is 9.44. The van der Waals surface area contributed by atoms with Gasteiger partial charge in [0, 0.05) is 32.1 Å². The van der Waals surface area contributed by atoms with Crippen LogP contribution in [0.15, 0.2) is 0 Å². The molecule has 0 aromatic heterocycles. The molecule has 0 N–H and O–H groups in total. The van der Waals surface area contributed by atoms with Crippen molar-refractivity contribution in [1.29, 1.82) is 0 Å². The first-order valence-corrected chi connectivity index (χ1v) is 7.89. The summed E-state index contributed by atoms with van der Waals surface area (Å²) in [7, 11) is -3.20. The molecule has 4 nitrogen and oxygen atoms in total. The highest BCUT2D eigenvalue weighted by atomic mass is 35.5. The van der Waals surface area contributed by atoms with Gasteiger partial charge in [0.15, 0.2) is 0 Å². The number of alkyl halides is 1. The molecule has 1 atom stereocenters. The van der Waals surface area contributed by atoms with E-state index in [0.29, 0.717) is 38.0 Å². The predicted octanol–water partition coefficient (Wildman–Crippen LogP) is 1.28. The molecule has 0 aromatic carbocycles. The van der Waals surface area contributed by atoms with Crippen LogP contribution in [0.3, 0.4) is 0 Å². The summed E-state index contributed by atoms with van der Waals surface area (Å²) in [6.45, 7) is 2.60. The second kappa shape index (κ2) is 5.21. The minimum Gasteiger partial charge on any atom is -0.195 e. The molecular weight excluding hydrogens is 248 g/mol. The van der Waals surface area contributed by atoms with Crippen LogP contribution in [0.25, 0.3) is 0 Å². The van der Waals surface area contributed by atoms with Gasteiger partial charge in [-0.25, -0.2) is 0 Å². The summed E-state index contributed by atoms with van der Waals surface area (Å²) < 4.78 is 27.8. The Kier molecular flexibility index (Phi) is 4.11. The number of hydrogen-bond donors (Lipinski definition) is 0. The minimum atomic E-state index is -3.20. The van der Waals surface area contributed by atoms with Gasteiger partial charge in [-0.3, -0.25) is 0 Å². The maximum absolute atomic E-state index is 12.3. The van der Waals surface area contributed by atoms with E-state index in [1.54, 1.807) is 8.61 Å². The third kappa shape index (κ3) is 2.53. The third-order valence-corrected chi connectivity index (χ3v) is 5.87. The van der Waals surface area contributed by atoms with Gasteiger partial charge in [-0.1, -0.05) is 6.42 Å². The van der Waals surface area contributed by atoms with Crippen LogP contribution in [0, 0.1) is 5.92 Å². The van der Waals surface area contributed by atoms with Crippen LogP contribution in [0.1, 0.15) is 25.7 Å². The Bertz CT molecular complexity index is 328. The molecule has 16 heavy (non-hydrogen) atoms. The van der Waals surface area contributed by atoms with E-state index in [0.717, 1.165) is 25.7 Å². The van der Waals surface area contributed by atoms with Crippen molar-refractivity contribution in [2.45, 2.75) is 25.7 Å². The molecule has 6 heteroatoms. The van der Waals surface area contributed by atoms with Gasteiger partial charge in [-0.15, -0.1) is 11.6 Å². The Hall–Kier alpha value is 0.160. The number of piperidine rings is 1. The molecule has 0 bridgehead atoms. The van der Waals surface area contributed by atoms with Crippen molar-refractivity contribution >= 4 is 21.8 Å². The first kappa shape index (κ1) is 12.6. The van der Waals surface area contributed by atoms with Crippen molar-refractivity contribution < 1.29 is 8.42 Å². The molecule has 0 spiro atoms. The molecule has 2 saturated heterocycles. The van der Waals surface area contributed by atoms with E-state index in [-0.39, 0.29) is 0 Å². The fraction of sp³-hybridized carbons (Fsp3) is 1.00. The molecule has 94 valence electrons. The van der Waals surface area contributed by atoms with Crippen LogP contribution >= 0.6 is 11.6 Å². The van der Waals surface area contributed by atoms with E-state index in [4.69, 9.17) is 11.6 Å². The fourth-order valence-electron chi connectivity index (χ4n) is 2.39. The second-order valence-corrected chi connectivity index (χ2v) is 6.87. The maximum Gasteiger partial charge on any atom is 0.281 e. The Morgan fingerprint density at radius 2 is 1.75 bits per heavy atom. The summed E-state index contributed by atoms with van der Waals surface area (Å²) in [5, 5.41) is 0. The highest BCUT2D eigenvalue weighted by Crippen LogP contribution is 2.24. The third-order valence-electron chi connectivity index (χ3n) is 3.43. The molecule has 2 aliphatic heterocycles. The lowest BCUT2D eigenvalue weighted by Crippen LogP contribution is -2.45. The van der Waals surface area contributed by atoms with E-state index >= 15 is 0 Å². The quantitative estimate of drug-likeness (QED) is 0.722. The monoisotopic (exact) mass is 266 g/mol. The number of nitrogens with zero attached hydrogens (tertiary/aromatic N) is 2. The average molecular weight is 267 g/mol. The predicted molar refractivity (Wildman–Crippen MR) is 64.7 cm³/mol. The lowest BCUT2D eigenvalue weighted by Gasteiger charge is -2.30. The second-order valence-electron chi connectivity index (χ2n) is 4.63. The van der Waals surface area contributed by atoms with Crippen molar-refractivity contribution in [1.82, 2.24) is 8.61 Å². The van der Waals surface area contributed by atoms with Crippen molar-refractivity contribution in [2.75, 3.05) is 32.1 Å². The standard InChI is InChI=1S/C10H19ClN2O2S/c11-8-10-4-7-13(9-10)16(14,15)12-5-2-1-3-6-12/h10H,1-9H2. The maximum atomic E-state index is 12.3.